The maximum Gasteiger partial charge on any atom is 0.275 e. The average Bonchev–Trinajstić information content (AvgIpc) is 2.96. The lowest BCUT2D eigenvalue weighted by atomic mass is 9.93. The molecule has 0 saturated carbocycles. The molecule has 0 radical (unpaired) electrons. The molecule has 7 nitrogen and oxygen atoms in total. The Hall–Kier alpha value is -1.96. The van der Waals surface area contributed by atoms with E-state index in [1.807, 2.05) is 6.20 Å². The summed E-state index contributed by atoms with van der Waals surface area (Å²) in [6, 6.07) is 0.101. The van der Waals surface area contributed by atoms with E-state index in [-0.39, 0.29) is 17.6 Å². The quantitative estimate of drug-likeness (QED) is 0.714. The third-order valence-electron chi connectivity index (χ3n) is 3.08. The molecule has 1 atom stereocenters. The summed E-state index contributed by atoms with van der Waals surface area (Å²) in [5.74, 6) is -0.252. The van der Waals surface area contributed by atoms with Crippen LogP contribution in [0.5, 0.6) is 0 Å². The summed E-state index contributed by atoms with van der Waals surface area (Å²) in [5.41, 5.74) is 8.17. The van der Waals surface area contributed by atoms with Crippen molar-refractivity contribution >= 4 is 22.4 Å². The number of H-pyrrole nitrogens is 1. The molecule has 0 bridgehead atoms. The molecule has 0 fully saturated rings. The molecule has 2 heterocycles. The number of carbonyl (C=O) groups is 1. The van der Waals surface area contributed by atoms with E-state index in [0.29, 0.717) is 5.00 Å². The number of aryl methyl sites for hydroxylation is 1. The Labute approximate surface area is 107 Å². The summed E-state index contributed by atoms with van der Waals surface area (Å²) in [6.07, 6.45) is 4.38. The number of rotatable bonds is 2. The Morgan fingerprint density at radius 1 is 1.61 bits per heavy atom. The highest BCUT2D eigenvalue weighted by molar-refractivity contribution is 7.10. The minimum absolute atomic E-state index is 0.101. The standard InChI is InChI=1S/C10H12N6OS/c11-9-8(15-16-18-9)10(17)13-6-1-2-7-5(3-6)4-12-14-7/h4,6H,1-3,11H2,(H,12,14)(H,13,17)/t6-/m0/s1. The van der Waals surface area contributed by atoms with Crippen molar-refractivity contribution in [1.82, 2.24) is 25.1 Å². The molecular formula is C10H12N6OS. The van der Waals surface area contributed by atoms with E-state index in [4.69, 9.17) is 5.73 Å². The number of nitrogens with two attached hydrogens (primary N) is 1. The minimum atomic E-state index is -0.252. The van der Waals surface area contributed by atoms with Gasteiger partial charge in [-0.25, -0.2) is 0 Å². The summed E-state index contributed by atoms with van der Waals surface area (Å²) < 4.78 is 3.65. The van der Waals surface area contributed by atoms with Gasteiger partial charge in [-0.1, -0.05) is 4.49 Å². The van der Waals surface area contributed by atoms with Crippen molar-refractivity contribution in [2.24, 2.45) is 0 Å². The van der Waals surface area contributed by atoms with Crippen LogP contribution < -0.4 is 11.1 Å². The maximum absolute atomic E-state index is 11.9. The number of nitrogens with zero attached hydrogens (tertiary/aromatic N) is 3. The monoisotopic (exact) mass is 264 g/mol. The number of fused-ring (bicyclic) bond motifs is 1. The van der Waals surface area contributed by atoms with Crippen LogP contribution in [-0.4, -0.2) is 31.7 Å². The molecule has 8 heteroatoms. The maximum atomic E-state index is 11.9. The van der Waals surface area contributed by atoms with Gasteiger partial charge in [-0.2, -0.15) is 5.10 Å². The molecule has 2 aromatic heterocycles. The van der Waals surface area contributed by atoms with E-state index in [9.17, 15) is 4.79 Å². The zero-order valence-electron chi connectivity index (χ0n) is 9.51. The molecule has 0 saturated heterocycles. The first-order valence-electron chi connectivity index (χ1n) is 5.64. The Morgan fingerprint density at radius 3 is 3.28 bits per heavy atom. The minimum Gasteiger partial charge on any atom is -0.387 e. The zero-order valence-corrected chi connectivity index (χ0v) is 10.3. The fourth-order valence-electron chi connectivity index (χ4n) is 2.15. The van der Waals surface area contributed by atoms with E-state index in [1.54, 1.807) is 0 Å². The van der Waals surface area contributed by atoms with Crippen LogP contribution in [0.4, 0.5) is 5.00 Å². The van der Waals surface area contributed by atoms with Crippen LogP contribution in [-0.2, 0) is 12.8 Å². The topological polar surface area (TPSA) is 110 Å². The summed E-state index contributed by atoms with van der Waals surface area (Å²) in [5, 5.41) is 14.0. The molecule has 0 unspecified atom stereocenters. The summed E-state index contributed by atoms with van der Waals surface area (Å²) in [7, 11) is 0. The normalized spacial score (nSPS) is 18.3. The van der Waals surface area contributed by atoms with Gasteiger partial charge in [0.1, 0.15) is 5.00 Å². The zero-order chi connectivity index (χ0) is 12.5. The van der Waals surface area contributed by atoms with Gasteiger partial charge in [0.05, 0.1) is 6.20 Å². The second-order valence-corrected chi connectivity index (χ2v) is 5.06. The molecule has 1 amide bonds. The van der Waals surface area contributed by atoms with Crippen LogP contribution in [0.1, 0.15) is 28.2 Å². The van der Waals surface area contributed by atoms with Gasteiger partial charge in [0.15, 0.2) is 5.69 Å². The van der Waals surface area contributed by atoms with E-state index < -0.39 is 0 Å². The second kappa shape index (κ2) is 4.37. The van der Waals surface area contributed by atoms with Crippen LogP contribution in [0.25, 0.3) is 0 Å². The fraction of sp³-hybridized carbons (Fsp3) is 0.400. The number of aromatic nitrogens is 4. The van der Waals surface area contributed by atoms with Gasteiger partial charge < -0.3 is 11.1 Å². The molecule has 0 aromatic carbocycles. The molecule has 0 spiro atoms. The van der Waals surface area contributed by atoms with Crippen LogP contribution >= 0.6 is 11.5 Å². The molecule has 3 rings (SSSR count). The predicted molar refractivity (Wildman–Crippen MR) is 66.2 cm³/mol. The molecule has 2 aromatic rings. The van der Waals surface area contributed by atoms with Crippen LogP contribution in [0.3, 0.4) is 0 Å². The SMILES string of the molecule is Nc1snnc1C(=O)N[C@H]1CCc2[nH]ncc2C1. The van der Waals surface area contributed by atoms with Gasteiger partial charge in [-0.05, 0) is 24.8 Å². The molecule has 1 aliphatic carbocycles. The van der Waals surface area contributed by atoms with E-state index in [1.165, 1.54) is 0 Å². The first-order chi connectivity index (χ1) is 8.74. The molecule has 18 heavy (non-hydrogen) atoms. The second-order valence-electron chi connectivity index (χ2n) is 4.27. The summed E-state index contributed by atoms with van der Waals surface area (Å²) >= 11 is 1.03. The van der Waals surface area contributed by atoms with Crippen LogP contribution in [0.2, 0.25) is 0 Å². The van der Waals surface area contributed by atoms with Gasteiger partial charge in [0, 0.05) is 23.3 Å². The van der Waals surface area contributed by atoms with Crippen molar-refractivity contribution in [3.05, 3.63) is 23.1 Å². The number of hydrogen-bond acceptors (Lipinski definition) is 6. The van der Waals surface area contributed by atoms with Gasteiger partial charge in [0.25, 0.3) is 5.91 Å². The number of amides is 1. The molecule has 4 N–H and O–H groups in total. The largest absolute Gasteiger partial charge is 0.387 e. The van der Waals surface area contributed by atoms with Crippen LogP contribution in [0.15, 0.2) is 6.20 Å². The molecule has 0 aliphatic heterocycles. The first kappa shape index (κ1) is 11.1. The van der Waals surface area contributed by atoms with E-state index >= 15 is 0 Å². The Balaban J connectivity index is 1.68. The van der Waals surface area contributed by atoms with Crippen LogP contribution in [0, 0.1) is 0 Å². The van der Waals surface area contributed by atoms with Crippen molar-refractivity contribution in [2.75, 3.05) is 5.73 Å². The number of nitrogens with one attached hydrogen (secondary N) is 2. The van der Waals surface area contributed by atoms with Crippen molar-refractivity contribution in [3.63, 3.8) is 0 Å². The smallest absolute Gasteiger partial charge is 0.275 e. The van der Waals surface area contributed by atoms with Gasteiger partial charge in [0.2, 0.25) is 0 Å². The number of anilines is 1. The van der Waals surface area contributed by atoms with Gasteiger partial charge in [-0.15, -0.1) is 5.10 Å². The lowest BCUT2D eigenvalue weighted by Crippen LogP contribution is -2.39. The Bertz CT molecular complexity index is 576. The average molecular weight is 264 g/mol. The molecule has 94 valence electrons. The fourth-order valence-corrected chi connectivity index (χ4v) is 2.58. The van der Waals surface area contributed by atoms with Crippen molar-refractivity contribution in [1.29, 1.82) is 0 Å². The molecular weight excluding hydrogens is 252 g/mol. The third-order valence-corrected chi connectivity index (χ3v) is 3.63. The predicted octanol–water partition coefficient (Wildman–Crippen LogP) is 0.131. The number of hydrogen-bond donors (Lipinski definition) is 3. The lowest BCUT2D eigenvalue weighted by molar-refractivity contribution is 0.0929. The van der Waals surface area contributed by atoms with E-state index in [0.717, 1.165) is 42.1 Å². The van der Waals surface area contributed by atoms with Crippen molar-refractivity contribution in [3.8, 4) is 0 Å². The highest BCUT2D eigenvalue weighted by atomic mass is 32.1. The molecule has 1 aliphatic rings. The van der Waals surface area contributed by atoms with E-state index in [2.05, 4.69) is 25.1 Å². The Morgan fingerprint density at radius 2 is 2.50 bits per heavy atom. The summed E-state index contributed by atoms with van der Waals surface area (Å²) in [4.78, 5) is 11.9. The third kappa shape index (κ3) is 1.94. The Kier molecular flexibility index (Phi) is 2.71. The number of carbonyl (C=O) groups excluding carboxylic acids is 1. The summed E-state index contributed by atoms with van der Waals surface area (Å²) in [6.45, 7) is 0. The van der Waals surface area contributed by atoms with Gasteiger partial charge in [-0.3, -0.25) is 9.89 Å². The number of aromatic amines is 1. The lowest BCUT2D eigenvalue weighted by Gasteiger charge is -2.22. The highest BCUT2D eigenvalue weighted by Gasteiger charge is 2.23. The van der Waals surface area contributed by atoms with Crippen molar-refractivity contribution < 1.29 is 4.79 Å². The van der Waals surface area contributed by atoms with Gasteiger partial charge >= 0.3 is 0 Å². The van der Waals surface area contributed by atoms with Crippen molar-refractivity contribution in [2.45, 2.75) is 25.3 Å². The first-order valence-corrected chi connectivity index (χ1v) is 6.41. The highest BCUT2D eigenvalue weighted by Crippen LogP contribution is 2.19. The number of nitrogen functional groups attached to an aromatic ring is 1.